The molecule has 0 saturated heterocycles. The van der Waals surface area contributed by atoms with Crippen LogP contribution in [0.2, 0.25) is 0 Å². The molecule has 310 valence electrons. The fourth-order valence-corrected chi connectivity index (χ4v) is 4.98. The molecular formula is C40H79NO11. The maximum absolute atomic E-state index is 11.9. The largest absolute Gasteiger partial charge is 0.463 e. The van der Waals surface area contributed by atoms with Crippen LogP contribution in [0.3, 0.4) is 0 Å². The number of hydrogen-bond donors (Lipinski definition) is 0. The molecule has 0 rings (SSSR count). The third-order valence-electron chi connectivity index (χ3n) is 7.98. The summed E-state index contributed by atoms with van der Waals surface area (Å²) in [5.41, 5.74) is -0.510. The lowest BCUT2D eigenvalue weighted by molar-refractivity contribution is -0.145. The van der Waals surface area contributed by atoms with E-state index >= 15 is 0 Å². The first-order chi connectivity index (χ1) is 25.3. The van der Waals surface area contributed by atoms with Gasteiger partial charge in [0, 0.05) is 20.0 Å². The van der Waals surface area contributed by atoms with Crippen molar-refractivity contribution < 1.29 is 52.2 Å². The number of carbonyl (C=O) groups is 2. The monoisotopic (exact) mass is 750 g/mol. The van der Waals surface area contributed by atoms with Gasteiger partial charge < -0.3 is 47.5 Å². The molecule has 0 atom stereocenters. The number of likely N-dealkylation sites (N-methyl/N-ethyl adjacent to an activating group) is 1. The number of amides is 1. The second-order valence-corrected chi connectivity index (χ2v) is 14.1. The Morgan fingerprint density at radius 3 is 1.10 bits per heavy atom. The van der Waals surface area contributed by atoms with E-state index in [1.54, 1.807) is 7.05 Å². The summed E-state index contributed by atoms with van der Waals surface area (Å²) in [6.07, 6.45) is 19.8. The summed E-state index contributed by atoms with van der Waals surface area (Å²) in [5, 5.41) is 0. The van der Waals surface area contributed by atoms with E-state index in [0.717, 1.165) is 12.8 Å². The van der Waals surface area contributed by atoms with Crippen LogP contribution in [0.1, 0.15) is 130 Å². The average Bonchev–Trinajstić information content (AvgIpc) is 3.10. The van der Waals surface area contributed by atoms with Crippen molar-refractivity contribution in [3.8, 4) is 0 Å². The highest BCUT2D eigenvalue weighted by Crippen LogP contribution is 2.14. The molecule has 0 fully saturated rings. The van der Waals surface area contributed by atoms with Crippen molar-refractivity contribution in [3.63, 3.8) is 0 Å². The summed E-state index contributed by atoms with van der Waals surface area (Å²) in [7, 11) is 1.68. The predicted octanol–water partition coefficient (Wildman–Crippen LogP) is 7.77. The molecule has 0 spiro atoms. The van der Waals surface area contributed by atoms with Gasteiger partial charge in [-0.3, -0.25) is 4.79 Å². The Balaban J connectivity index is 3.21. The fraction of sp³-hybridized carbons (Fsp3) is 0.950. The molecule has 12 nitrogen and oxygen atoms in total. The summed E-state index contributed by atoms with van der Waals surface area (Å²) in [5.74, 6) is -0.133. The van der Waals surface area contributed by atoms with Crippen molar-refractivity contribution in [2.45, 2.75) is 136 Å². The van der Waals surface area contributed by atoms with Crippen molar-refractivity contribution in [2.24, 2.45) is 0 Å². The van der Waals surface area contributed by atoms with Gasteiger partial charge in [0.1, 0.15) is 12.2 Å². The highest BCUT2D eigenvalue weighted by atomic mass is 16.6. The van der Waals surface area contributed by atoms with E-state index in [0.29, 0.717) is 105 Å². The molecule has 0 saturated carbocycles. The van der Waals surface area contributed by atoms with Gasteiger partial charge in [-0.1, -0.05) is 96.8 Å². The first kappa shape index (κ1) is 50.5. The van der Waals surface area contributed by atoms with Crippen LogP contribution in [0.5, 0.6) is 0 Å². The van der Waals surface area contributed by atoms with Crippen LogP contribution in [0.4, 0.5) is 4.79 Å². The molecule has 0 aromatic rings. The summed E-state index contributed by atoms with van der Waals surface area (Å²) in [6, 6.07) is 0. The van der Waals surface area contributed by atoms with E-state index in [1.807, 2.05) is 20.8 Å². The number of ether oxygens (including phenoxy) is 9. The molecule has 0 aliphatic rings. The third kappa shape index (κ3) is 41.2. The number of hydrogen-bond acceptors (Lipinski definition) is 11. The van der Waals surface area contributed by atoms with Crippen LogP contribution >= 0.6 is 0 Å². The predicted molar refractivity (Wildman–Crippen MR) is 205 cm³/mol. The molecule has 0 radical (unpaired) electrons. The van der Waals surface area contributed by atoms with Crippen molar-refractivity contribution in [1.29, 1.82) is 0 Å². The standard InChI is InChI=1S/C40H79NO11/c1-6-7-8-9-10-11-12-13-14-15-16-17-18-19-20-21-38(42)51-37-36-50-35-34-49-33-32-48-31-30-47-29-28-46-27-26-45-25-24-44-23-22-41(5)39(43)52-40(2,3)4/h6-37H2,1-5H3. The number of unbranched alkanes of at least 4 members (excludes halogenated alkanes) is 14. The van der Waals surface area contributed by atoms with Crippen LogP contribution in [-0.2, 0) is 47.4 Å². The lowest BCUT2D eigenvalue weighted by Gasteiger charge is -2.24. The second-order valence-electron chi connectivity index (χ2n) is 14.1. The lowest BCUT2D eigenvalue weighted by atomic mass is 10.0. The van der Waals surface area contributed by atoms with E-state index in [-0.39, 0.29) is 18.7 Å². The van der Waals surface area contributed by atoms with E-state index in [9.17, 15) is 9.59 Å². The van der Waals surface area contributed by atoms with Gasteiger partial charge in [-0.15, -0.1) is 0 Å². The maximum atomic E-state index is 11.9. The van der Waals surface area contributed by atoms with Crippen molar-refractivity contribution in [2.75, 3.05) is 113 Å². The van der Waals surface area contributed by atoms with Gasteiger partial charge in [-0.2, -0.15) is 0 Å². The van der Waals surface area contributed by atoms with Gasteiger partial charge >= 0.3 is 12.1 Å². The Labute approximate surface area is 317 Å². The molecule has 0 unspecified atom stereocenters. The van der Waals surface area contributed by atoms with Crippen molar-refractivity contribution >= 4 is 12.1 Å². The third-order valence-corrected chi connectivity index (χ3v) is 7.98. The summed E-state index contributed by atoms with van der Waals surface area (Å²) in [4.78, 5) is 25.3. The second kappa shape index (κ2) is 39.2. The van der Waals surface area contributed by atoms with Gasteiger partial charge in [-0.25, -0.2) is 4.79 Å². The molecule has 0 aromatic heterocycles. The Kier molecular flexibility index (Phi) is 38.0. The van der Waals surface area contributed by atoms with Crippen LogP contribution < -0.4 is 0 Å². The van der Waals surface area contributed by atoms with E-state index < -0.39 is 5.60 Å². The normalized spacial score (nSPS) is 11.6. The first-order valence-electron chi connectivity index (χ1n) is 20.4. The van der Waals surface area contributed by atoms with Crippen LogP contribution in [0, 0.1) is 0 Å². The Morgan fingerprint density at radius 2 is 0.750 bits per heavy atom. The number of rotatable bonds is 40. The zero-order valence-corrected chi connectivity index (χ0v) is 34.1. The topological polar surface area (TPSA) is 120 Å². The minimum Gasteiger partial charge on any atom is -0.463 e. The first-order valence-corrected chi connectivity index (χ1v) is 20.4. The van der Waals surface area contributed by atoms with Crippen LogP contribution in [-0.4, -0.2) is 135 Å². The highest BCUT2D eigenvalue weighted by molar-refractivity contribution is 5.69. The Bertz CT molecular complexity index is 766. The molecule has 52 heavy (non-hydrogen) atoms. The zero-order chi connectivity index (χ0) is 38.2. The molecule has 0 heterocycles. The van der Waals surface area contributed by atoms with Crippen molar-refractivity contribution in [1.82, 2.24) is 4.90 Å². The number of esters is 1. The average molecular weight is 750 g/mol. The summed E-state index contributed by atoms with van der Waals surface area (Å²) < 4.78 is 48.9. The minimum atomic E-state index is -0.510. The van der Waals surface area contributed by atoms with Gasteiger partial charge in [0.05, 0.1) is 92.5 Å². The zero-order valence-electron chi connectivity index (χ0n) is 34.1. The fourth-order valence-electron chi connectivity index (χ4n) is 4.98. The van der Waals surface area contributed by atoms with Gasteiger partial charge in [-0.05, 0) is 27.2 Å². The quantitative estimate of drug-likeness (QED) is 0.0451. The molecule has 0 aliphatic carbocycles. The van der Waals surface area contributed by atoms with E-state index in [2.05, 4.69) is 6.92 Å². The summed E-state index contributed by atoms with van der Waals surface area (Å²) >= 11 is 0. The van der Waals surface area contributed by atoms with Gasteiger partial charge in [0.2, 0.25) is 0 Å². The maximum Gasteiger partial charge on any atom is 0.410 e. The number of nitrogens with zero attached hydrogens (tertiary/aromatic N) is 1. The molecule has 0 bridgehead atoms. The highest BCUT2D eigenvalue weighted by Gasteiger charge is 2.19. The molecule has 1 amide bonds. The number of carbonyl (C=O) groups excluding carboxylic acids is 2. The lowest BCUT2D eigenvalue weighted by Crippen LogP contribution is -2.36. The van der Waals surface area contributed by atoms with Crippen LogP contribution in [0.25, 0.3) is 0 Å². The summed E-state index contributed by atoms with van der Waals surface area (Å²) in [6.45, 7) is 15.0. The van der Waals surface area contributed by atoms with E-state index in [1.165, 1.54) is 88.4 Å². The Morgan fingerprint density at radius 1 is 0.442 bits per heavy atom. The van der Waals surface area contributed by atoms with Gasteiger partial charge in [0.15, 0.2) is 0 Å². The molecule has 0 aliphatic heterocycles. The minimum absolute atomic E-state index is 0.133. The molecule has 0 N–H and O–H groups in total. The molecule has 12 heteroatoms. The Hall–Kier alpha value is -1.54. The molecular weight excluding hydrogens is 670 g/mol. The van der Waals surface area contributed by atoms with Crippen LogP contribution in [0.15, 0.2) is 0 Å². The molecule has 0 aromatic carbocycles. The van der Waals surface area contributed by atoms with Gasteiger partial charge in [0.25, 0.3) is 0 Å². The smallest absolute Gasteiger partial charge is 0.410 e. The van der Waals surface area contributed by atoms with E-state index in [4.69, 9.17) is 42.6 Å². The SMILES string of the molecule is CCCCCCCCCCCCCCCCCC(=O)OCCOCCOCCOCCOCCOCCOCCOCCN(C)C(=O)OC(C)(C)C. The van der Waals surface area contributed by atoms with Crippen molar-refractivity contribution in [3.05, 3.63) is 0 Å².